The molecule has 26 heavy (non-hydrogen) atoms. The maximum atomic E-state index is 12.2. The number of hydrogen-bond acceptors (Lipinski definition) is 3. The molecule has 2 N–H and O–H groups in total. The van der Waals surface area contributed by atoms with Gasteiger partial charge in [0.2, 0.25) is 5.91 Å². The van der Waals surface area contributed by atoms with Crippen molar-refractivity contribution in [2.24, 2.45) is 5.41 Å². The van der Waals surface area contributed by atoms with Gasteiger partial charge in [0.25, 0.3) is 5.91 Å². The summed E-state index contributed by atoms with van der Waals surface area (Å²) in [6.07, 6.45) is 4.77. The molecule has 0 fully saturated rings. The Balaban J connectivity index is 1.97. The fraction of sp³-hybridized carbons (Fsp3) is 0.286. The Kier molecular flexibility index (Phi) is 6.28. The van der Waals surface area contributed by atoms with Gasteiger partial charge >= 0.3 is 0 Å². The van der Waals surface area contributed by atoms with E-state index in [0.717, 1.165) is 11.1 Å². The Morgan fingerprint density at radius 1 is 1.15 bits per heavy atom. The molecule has 2 rings (SSSR count). The Labute approximate surface area is 154 Å². The van der Waals surface area contributed by atoms with Crippen LogP contribution in [0.15, 0.2) is 60.4 Å². The highest BCUT2D eigenvalue weighted by Crippen LogP contribution is 2.23. The second-order valence-electron chi connectivity index (χ2n) is 7.19. The van der Waals surface area contributed by atoms with E-state index in [1.165, 1.54) is 6.20 Å². The van der Waals surface area contributed by atoms with Gasteiger partial charge in [-0.3, -0.25) is 14.6 Å². The van der Waals surface area contributed by atoms with Gasteiger partial charge in [0.05, 0.1) is 5.56 Å². The van der Waals surface area contributed by atoms with Crippen molar-refractivity contribution in [2.45, 2.75) is 34.2 Å². The molecule has 1 aromatic carbocycles. The number of carbonyl (C=O) groups is 2. The van der Waals surface area contributed by atoms with Crippen LogP contribution in [0.5, 0.6) is 0 Å². The summed E-state index contributed by atoms with van der Waals surface area (Å²) >= 11 is 0. The first-order valence-electron chi connectivity index (χ1n) is 8.52. The third kappa shape index (κ3) is 5.84. The summed E-state index contributed by atoms with van der Waals surface area (Å²) in [5.41, 5.74) is 3.06. The van der Waals surface area contributed by atoms with Crippen LogP contribution in [0.1, 0.15) is 43.6 Å². The van der Waals surface area contributed by atoms with Gasteiger partial charge in [0.15, 0.2) is 0 Å². The van der Waals surface area contributed by atoms with Crippen LogP contribution in [0, 0.1) is 5.41 Å². The molecule has 2 amide bonds. The van der Waals surface area contributed by atoms with Crippen molar-refractivity contribution < 1.29 is 9.59 Å². The number of benzene rings is 1. The lowest BCUT2D eigenvalue weighted by atomic mass is 9.87. The molecule has 0 aliphatic carbocycles. The largest absolute Gasteiger partial charge is 0.348 e. The van der Waals surface area contributed by atoms with E-state index >= 15 is 0 Å². The first-order valence-corrected chi connectivity index (χ1v) is 8.52. The van der Waals surface area contributed by atoms with Crippen molar-refractivity contribution in [1.82, 2.24) is 10.3 Å². The first-order chi connectivity index (χ1) is 12.3. The molecular formula is C21H25N3O2. The van der Waals surface area contributed by atoms with E-state index in [1.54, 1.807) is 24.4 Å². The van der Waals surface area contributed by atoms with Crippen LogP contribution < -0.4 is 10.6 Å². The average molecular weight is 351 g/mol. The lowest BCUT2D eigenvalue weighted by molar-refractivity contribution is -0.116. The Hall–Kier alpha value is -2.95. The van der Waals surface area contributed by atoms with Crippen molar-refractivity contribution in [3.8, 4) is 0 Å². The third-order valence-electron chi connectivity index (χ3n) is 4.11. The predicted octanol–water partition coefficient (Wildman–Crippen LogP) is 3.94. The summed E-state index contributed by atoms with van der Waals surface area (Å²) in [5, 5.41) is 5.71. The van der Waals surface area contributed by atoms with Crippen LogP contribution in [-0.4, -0.2) is 16.8 Å². The van der Waals surface area contributed by atoms with Gasteiger partial charge in [-0.2, -0.15) is 0 Å². The van der Waals surface area contributed by atoms with E-state index in [-0.39, 0.29) is 17.2 Å². The number of nitrogens with zero attached hydrogens (tertiary/aromatic N) is 1. The van der Waals surface area contributed by atoms with Crippen molar-refractivity contribution in [3.63, 3.8) is 0 Å². The number of amides is 2. The van der Waals surface area contributed by atoms with Crippen LogP contribution in [-0.2, 0) is 11.3 Å². The van der Waals surface area contributed by atoms with Gasteiger partial charge in [0, 0.05) is 30.7 Å². The number of hydrogen-bond donors (Lipinski definition) is 2. The second kappa shape index (κ2) is 8.43. The normalized spacial score (nSPS) is 11.8. The highest BCUT2D eigenvalue weighted by Gasteiger charge is 2.13. The molecule has 0 unspecified atom stereocenters. The van der Waals surface area contributed by atoms with Crippen LogP contribution in [0.25, 0.3) is 0 Å². The monoisotopic (exact) mass is 351 g/mol. The summed E-state index contributed by atoms with van der Waals surface area (Å²) in [6, 6.07) is 10.8. The predicted molar refractivity (Wildman–Crippen MR) is 104 cm³/mol. The first kappa shape index (κ1) is 19.4. The number of aromatic nitrogens is 1. The number of pyridine rings is 1. The van der Waals surface area contributed by atoms with E-state index in [2.05, 4.69) is 36.4 Å². The third-order valence-corrected chi connectivity index (χ3v) is 4.11. The molecule has 0 aliphatic rings. The summed E-state index contributed by atoms with van der Waals surface area (Å²) < 4.78 is 0. The van der Waals surface area contributed by atoms with Gasteiger partial charge in [-0.15, -0.1) is 0 Å². The molecule has 136 valence electrons. The molecule has 0 aliphatic heterocycles. The maximum absolute atomic E-state index is 12.2. The molecule has 5 heteroatoms. The zero-order valence-electron chi connectivity index (χ0n) is 15.7. The van der Waals surface area contributed by atoms with Gasteiger partial charge in [-0.05, 0) is 42.2 Å². The zero-order valence-corrected chi connectivity index (χ0v) is 15.7. The topological polar surface area (TPSA) is 71.1 Å². The quantitative estimate of drug-likeness (QED) is 0.802. The molecule has 1 aromatic heterocycles. The molecule has 2 aromatic rings. The van der Waals surface area contributed by atoms with Crippen LogP contribution in [0.2, 0.25) is 0 Å². The number of nitrogens with one attached hydrogen (secondary N) is 2. The molecular weight excluding hydrogens is 326 g/mol. The van der Waals surface area contributed by atoms with E-state index in [9.17, 15) is 9.59 Å². The number of rotatable bonds is 5. The number of allylic oxidation sites excluding steroid dienone is 1. The molecule has 0 bridgehead atoms. The standard InChI is InChI=1S/C21H25N3O2/c1-15(21(2,3)4)11-19(25)23-13-16-7-5-9-18(12-16)24-20(26)17-8-6-10-22-14-17/h5-12,14H,13H2,1-4H3,(H,23,25)(H,24,26)/b15-11+. The molecule has 0 saturated heterocycles. The van der Waals surface area contributed by atoms with Crippen LogP contribution >= 0.6 is 0 Å². The van der Waals surface area contributed by atoms with Gasteiger partial charge < -0.3 is 10.6 Å². The fourth-order valence-electron chi connectivity index (χ4n) is 2.11. The summed E-state index contributed by atoms with van der Waals surface area (Å²) in [7, 11) is 0. The van der Waals surface area contributed by atoms with Crippen LogP contribution in [0.4, 0.5) is 5.69 Å². The van der Waals surface area contributed by atoms with E-state index in [4.69, 9.17) is 0 Å². The van der Waals surface area contributed by atoms with Crippen molar-refractivity contribution >= 4 is 17.5 Å². The average Bonchev–Trinajstić information content (AvgIpc) is 2.60. The fourth-order valence-corrected chi connectivity index (χ4v) is 2.11. The molecule has 5 nitrogen and oxygen atoms in total. The van der Waals surface area contributed by atoms with Gasteiger partial charge in [0.1, 0.15) is 0 Å². The minimum absolute atomic E-state index is 0.0339. The lowest BCUT2D eigenvalue weighted by Crippen LogP contribution is -2.22. The van der Waals surface area contributed by atoms with Crippen molar-refractivity contribution in [1.29, 1.82) is 0 Å². The van der Waals surface area contributed by atoms with Gasteiger partial charge in [-0.25, -0.2) is 0 Å². The van der Waals surface area contributed by atoms with Crippen molar-refractivity contribution in [2.75, 3.05) is 5.32 Å². The SMILES string of the molecule is C/C(=C\C(=O)NCc1cccc(NC(=O)c2cccnc2)c1)C(C)(C)C. The Bertz CT molecular complexity index is 806. The maximum Gasteiger partial charge on any atom is 0.257 e. The van der Waals surface area contributed by atoms with E-state index < -0.39 is 0 Å². The minimum Gasteiger partial charge on any atom is -0.348 e. The highest BCUT2D eigenvalue weighted by atomic mass is 16.2. The van der Waals surface area contributed by atoms with Gasteiger partial charge in [-0.1, -0.05) is 38.5 Å². The summed E-state index contributed by atoms with van der Waals surface area (Å²) in [4.78, 5) is 28.2. The molecule has 0 saturated carbocycles. The Morgan fingerprint density at radius 3 is 2.58 bits per heavy atom. The number of carbonyl (C=O) groups excluding carboxylic acids is 2. The highest BCUT2D eigenvalue weighted by molar-refractivity contribution is 6.04. The smallest absolute Gasteiger partial charge is 0.257 e. The molecule has 0 atom stereocenters. The summed E-state index contributed by atoms with van der Waals surface area (Å²) in [6.45, 7) is 8.55. The van der Waals surface area contributed by atoms with E-state index in [0.29, 0.717) is 17.8 Å². The van der Waals surface area contributed by atoms with Crippen LogP contribution in [0.3, 0.4) is 0 Å². The minimum atomic E-state index is -0.219. The second-order valence-corrected chi connectivity index (χ2v) is 7.19. The molecule has 0 spiro atoms. The Morgan fingerprint density at radius 2 is 1.92 bits per heavy atom. The lowest BCUT2D eigenvalue weighted by Gasteiger charge is -2.19. The zero-order chi connectivity index (χ0) is 19.2. The van der Waals surface area contributed by atoms with E-state index in [1.807, 2.05) is 31.2 Å². The van der Waals surface area contributed by atoms with Crippen molar-refractivity contribution in [3.05, 3.63) is 71.6 Å². The number of anilines is 1. The molecule has 0 radical (unpaired) electrons. The molecule has 1 heterocycles. The summed E-state index contributed by atoms with van der Waals surface area (Å²) in [5.74, 6) is -0.342.